The lowest BCUT2D eigenvalue weighted by Crippen LogP contribution is -2.32. The van der Waals surface area contributed by atoms with Gasteiger partial charge in [0.05, 0.1) is 29.4 Å². The maximum Gasteiger partial charge on any atom is 0.338 e. The zero-order valence-corrected chi connectivity index (χ0v) is 15.3. The van der Waals surface area contributed by atoms with E-state index in [0.717, 1.165) is 0 Å². The largest absolute Gasteiger partial charge is 0.463 e. The molecule has 3 rings (SSSR count). The summed E-state index contributed by atoms with van der Waals surface area (Å²) in [6.45, 7) is 1.91. The van der Waals surface area contributed by atoms with Gasteiger partial charge in [-0.05, 0) is 13.0 Å². The summed E-state index contributed by atoms with van der Waals surface area (Å²) in [5.74, 6) is -0.256. The van der Waals surface area contributed by atoms with E-state index in [1.54, 1.807) is 6.92 Å². The number of benzene rings is 1. The molecule has 0 radical (unpaired) electrons. The number of methoxy groups -OCH3 is 1. The van der Waals surface area contributed by atoms with Crippen molar-refractivity contribution in [1.29, 1.82) is 0 Å². The Balaban J connectivity index is 2.24. The molecule has 2 heterocycles. The second kappa shape index (κ2) is 7.72. The maximum atomic E-state index is 12.7. The Morgan fingerprint density at radius 2 is 2.26 bits per heavy atom. The molecule has 11 heteroatoms. The number of fused-ring (bicyclic) bond motifs is 1. The van der Waals surface area contributed by atoms with E-state index >= 15 is 0 Å². The van der Waals surface area contributed by atoms with Gasteiger partial charge in [0.25, 0.3) is 5.69 Å². The molecule has 1 atom stereocenters. The van der Waals surface area contributed by atoms with Crippen LogP contribution in [0.3, 0.4) is 0 Å². The number of halogens is 1. The number of esters is 1. The van der Waals surface area contributed by atoms with Crippen molar-refractivity contribution in [1.82, 2.24) is 14.8 Å². The monoisotopic (exact) mass is 393 g/mol. The second-order valence-electron chi connectivity index (χ2n) is 5.56. The van der Waals surface area contributed by atoms with E-state index in [1.807, 2.05) is 0 Å². The van der Waals surface area contributed by atoms with Crippen LogP contribution < -0.4 is 5.32 Å². The molecular weight excluding hydrogens is 378 g/mol. The number of carbonyl (C=O) groups excluding carboxylic acids is 1. The van der Waals surface area contributed by atoms with Crippen molar-refractivity contribution < 1.29 is 19.2 Å². The molecule has 0 amide bonds. The minimum absolute atomic E-state index is 0.0735. The summed E-state index contributed by atoms with van der Waals surface area (Å²) < 4.78 is 11.8. The Morgan fingerprint density at radius 1 is 1.48 bits per heavy atom. The molecule has 1 aliphatic heterocycles. The summed E-state index contributed by atoms with van der Waals surface area (Å²) in [7, 11) is 1.48. The van der Waals surface area contributed by atoms with Crippen molar-refractivity contribution in [2.24, 2.45) is 0 Å². The Hall–Kier alpha value is -2.98. The molecule has 1 unspecified atom stereocenters. The third-order valence-electron chi connectivity index (χ3n) is 3.95. The fourth-order valence-corrected chi connectivity index (χ4v) is 3.08. The molecule has 0 saturated heterocycles. The van der Waals surface area contributed by atoms with Crippen LogP contribution in [-0.4, -0.2) is 46.0 Å². The van der Waals surface area contributed by atoms with Crippen molar-refractivity contribution in [3.8, 4) is 0 Å². The molecule has 2 aromatic rings. The zero-order valence-electron chi connectivity index (χ0n) is 14.5. The Kier molecular flexibility index (Phi) is 5.38. The number of rotatable bonds is 6. The van der Waals surface area contributed by atoms with Crippen LogP contribution in [0.25, 0.3) is 0 Å². The highest BCUT2D eigenvalue weighted by atomic mass is 35.5. The van der Waals surface area contributed by atoms with Crippen LogP contribution in [0.4, 0.5) is 11.6 Å². The van der Waals surface area contributed by atoms with E-state index in [-0.39, 0.29) is 29.5 Å². The number of ether oxygens (including phenoxy) is 2. The fraction of sp³-hybridized carbons (Fsp3) is 0.312. The van der Waals surface area contributed by atoms with Crippen molar-refractivity contribution in [2.75, 3.05) is 25.6 Å². The van der Waals surface area contributed by atoms with Crippen LogP contribution in [0.2, 0.25) is 5.02 Å². The third kappa shape index (κ3) is 3.49. The minimum Gasteiger partial charge on any atom is -0.463 e. The van der Waals surface area contributed by atoms with Gasteiger partial charge in [-0.25, -0.2) is 9.48 Å². The van der Waals surface area contributed by atoms with E-state index in [2.05, 4.69) is 15.4 Å². The highest BCUT2D eigenvalue weighted by Crippen LogP contribution is 2.39. The number of nitrogens with zero attached hydrogens (tertiary/aromatic N) is 4. The molecule has 142 valence electrons. The van der Waals surface area contributed by atoms with Crippen molar-refractivity contribution in [2.45, 2.75) is 13.0 Å². The summed E-state index contributed by atoms with van der Waals surface area (Å²) >= 11 is 6.33. The number of nitro benzene ring substituents is 1. The standard InChI is InChI=1S/C16H16ClN5O5/c1-3-27-15(23)13-12(7-26-2)20-16-18-8-19-21(16)14(13)10-6-9(22(24)25)4-5-11(10)17/h4-6,8,14H,3,7H2,1-2H3,(H,18,19,20). The van der Waals surface area contributed by atoms with Gasteiger partial charge in [0.1, 0.15) is 12.4 Å². The molecule has 0 fully saturated rings. The van der Waals surface area contributed by atoms with E-state index in [4.69, 9.17) is 21.1 Å². The average Bonchev–Trinajstić information content (AvgIpc) is 3.09. The van der Waals surface area contributed by atoms with Gasteiger partial charge in [0.2, 0.25) is 5.95 Å². The highest BCUT2D eigenvalue weighted by Gasteiger charge is 2.37. The summed E-state index contributed by atoms with van der Waals surface area (Å²) in [4.78, 5) is 27.5. The van der Waals surface area contributed by atoms with Crippen LogP contribution >= 0.6 is 11.6 Å². The van der Waals surface area contributed by atoms with Gasteiger partial charge in [0.15, 0.2) is 0 Å². The normalized spacial score (nSPS) is 15.9. The van der Waals surface area contributed by atoms with Gasteiger partial charge in [-0.15, -0.1) is 0 Å². The molecule has 0 aliphatic carbocycles. The molecular formula is C16H16ClN5O5. The van der Waals surface area contributed by atoms with Gasteiger partial charge in [0, 0.05) is 29.8 Å². The Morgan fingerprint density at radius 3 is 2.93 bits per heavy atom. The first kappa shape index (κ1) is 18.8. The SMILES string of the molecule is CCOC(=O)C1=C(COC)Nc2ncnn2C1c1cc([N+](=O)[O-])ccc1Cl. The number of nitro groups is 1. The molecule has 0 saturated carbocycles. The van der Waals surface area contributed by atoms with Gasteiger partial charge < -0.3 is 14.8 Å². The first-order chi connectivity index (χ1) is 13.0. The number of nitrogens with one attached hydrogen (secondary N) is 1. The van der Waals surface area contributed by atoms with Gasteiger partial charge in [-0.1, -0.05) is 11.6 Å². The predicted molar refractivity (Wildman–Crippen MR) is 95.4 cm³/mol. The Bertz CT molecular complexity index is 926. The molecule has 0 spiro atoms. The van der Waals surface area contributed by atoms with E-state index in [0.29, 0.717) is 17.2 Å². The van der Waals surface area contributed by atoms with E-state index in [1.165, 1.54) is 36.3 Å². The lowest BCUT2D eigenvalue weighted by molar-refractivity contribution is -0.384. The van der Waals surface area contributed by atoms with E-state index < -0.39 is 16.9 Å². The highest BCUT2D eigenvalue weighted by molar-refractivity contribution is 6.31. The number of non-ortho nitro benzene ring substituents is 1. The average molecular weight is 394 g/mol. The first-order valence-corrected chi connectivity index (χ1v) is 8.35. The molecule has 1 aromatic heterocycles. The number of hydrogen-bond acceptors (Lipinski definition) is 8. The molecule has 1 aromatic carbocycles. The number of aromatic nitrogens is 3. The van der Waals surface area contributed by atoms with Crippen molar-refractivity contribution in [3.05, 3.63) is 56.5 Å². The van der Waals surface area contributed by atoms with Crippen LogP contribution in [-0.2, 0) is 14.3 Å². The number of hydrogen-bond donors (Lipinski definition) is 1. The molecule has 1 N–H and O–H groups in total. The fourth-order valence-electron chi connectivity index (χ4n) is 2.86. The third-order valence-corrected chi connectivity index (χ3v) is 4.29. The summed E-state index contributed by atoms with van der Waals surface area (Å²) in [6, 6.07) is 3.15. The van der Waals surface area contributed by atoms with Crippen LogP contribution in [0.1, 0.15) is 18.5 Å². The van der Waals surface area contributed by atoms with Crippen molar-refractivity contribution in [3.63, 3.8) is 0 Å². The smallest absolute Gasteiger partial charge is 0.338 e. The number of anilines is 1. The summed E-state index contributed by atoms with van der Waals surface area (Å²) in [5.41, 5.74) is 0.782. The summed E-state index contributed by atoms with van der Waals surface area (Å²) in [5, 5.41) is 18.6. The molecule has 27 heavy (non-hydrogen) atoms. The molecule has 10 nitrogen and oxygen atoms in total. The van der Waals surface area contributed by atoms with Gasteiger partial charge >= 0.3 is 5.97 Å². The predicted octanol–water partition coefficient (Wildman–Crippen LogP) is 2.32. The van der Waals surface area contributed by atoms with Crippen LogP contribution in [0.5, 0.6) is 0 Å². The lowest BCUT2D eigenvalue weighted by atomic mass is 9.95. The second-order valence-corrected chi connectivity index (χ2v) is 5.97. The molecule has 0 bridgehead atoms. The first-order valence-electron chi connectivity index (χ1n) is 7.97. The van der Waals surface area contributed by atoms with Crippen LogP contribution in [0.15, 0.2) is 35.8 Å². The van der Waals surface area contributed by atoms with Gasteiger partial charge in [-0.2, -0.15) is 10.1 Å². The maximum absolute atomic E-state index is 12.7. The zero-order chi connectivity index (χ0) is 19.6. The van der Waals surface area contributed by atoms with Gasteiger partial charge in [-0.3, -0.25) is 10.1 Å². The topological polar surface area (TPSA) is 121 Å². The Labute approximate surface area is 158 Å². The minimum atomic E-state index is -0.861. The molecule has 1 aliphatic rings. The quantitative estimate of drug-likeness (QED) is 0.450. The van der Waals surface area contributed by atoms with Crippen molar-refractivity contribution >= 4 is 29.2 Å². The van der Waals surface area contributed by atoms with E-state index in [9.17, 15) is 14.9 Å². The summed E-state index contributed by atoms with van der Waals surface area (Å²) in [6.07, 6.45) is 1.30. The lowest BCUT2D eigenvalue weighted by Gasteiger charge is -2.29. The number of carbonyl (C=O) groups is 1. The van der Waals surface area contributed by atoms with Crippen LogP contribution in [0, 0.1) is 10.1 Å².